The van der Waals surface area contributed by atoms with Crippen molar-refractivity contribution in [3.63, 3.8) is 0 Å². The van der Waals surface area contributed by atoms with Crippen LogP contribution in [0.25, 0.3) is 0 Å². The summed E-state index contributed by atoms with van der Waals surface area (Å²) in [5.41, 5.74) is -0.578. The van der Waals surface area contributed by atoms with E-state index in [1.165, 1.54) is 0 Å². The van der Waals surface area contributed by atoms with Gasteiger partial charge in [0, 0.05) is 47.9 Å². The number of hydrogen-bond acceptors (Lipinski definition) is 3. The Labute approximate surface area is 127 Å². The van der Waals surface area contributed by atoms with Gasteiger partial charge in [0.1, 0.15) is 0 Å². The van der Waals surface area contributed by atoms with E-state index in [-0.39, 0.29) is 24.0 Å². The Morgan fingerprint density at radius 2 is 1.67 bits per heavy atom. The van der Waals surface area contributed by atoms with Crippen LogP contribution < -0.4 is 0 Å². The molecule has 1 rings (SSSR count). The molecular formula is C12H26IN3O2. The Morgan fingerprint density at radius 3 is 2.11 bits per heavy atom. The maximum atomic E-state index is 10.3. The smallest absolute Gasteiger partial charge is 0.195 e. The van der Waals surface area contributed by atoms with Gasteiger partial charge in [0.2, 0.25) is 0 Å². The zero-order chi connectivity index (χ0) is 12.9. The van der Waals surface area contributed by atoms with Gasteiger partial charge in [-0.1, -0.05) is 0 Å². The first kappa shape index (κ1) is 17.9. The molecule has 0 unspecified atom stereocenters. The van der Waals surface area contributed by atoms with Gasteiger partial charge in [-0.25, -0.2) is 0 Å². The highest BCUT2D eigenvalue weighted by Crippen LogP contribution is 2.23. The summed E-state index contributed by atoms with van der Waals surface area (Å²) in [5, 5.41) is 10.3. The van der Waals surface area contributed by atoms with Crippen LogP contribution in [-0.4, -0.2) is 74.4 Å². The molecule has 0 bridgehead atoms. The summed E-state index contributed by atoms with van der Waals surface area (Å²) < 4.78 is 5.26. The van der Waals surface area contributed by atoms with Gasteiger partial charge in [-0.15, -0.1) is 24.0 Å². The first-order valence-corrected chi connectivity index (χ1v) is 6.14. The van der Waals surface area contributed by atoms with Crippen molar-refractivity contribution in [3.8, 4) is 0 Å². The van der Waals surface area contributed by atoms with Gasteiger partial charge in [-0.2, -0.15) is 0 Å². The van der Waals surface area contributed by atoms with E-state index in [0.717, 1.165) is 18.8 Å². The van der Waals surface area contributed by atoms with Gasteiger partial charge in [-0.3, -0.25) is 4.99 Å². The molecule has 0 amide bonds. The Kier molecular flexibility index (Phi) is 8.13. The molecule has 0 radical (unpaired) electrons. The number of aliphatic imine (C=N–C) groups is 1. The van der Waals surface area contributed by atoms with Crippen LogP contribution >= 0.6 is 24.0 Å². The molecule has 1 N–H and O–H groups in total. The third-order valence-electron chi connectivity index (χ3n) is 3.05. The number of guanidine groups is 1. The van der Waals surface area contributed by atoms with Crippen LogP contribution in [0.5, 0.6) is 0 Å². The maximum absolute atomic E-state index is 10.3. The van der Waals surface area contributed by atoms with E-state index >= 15 is 0 Å². The summed E-state index contributed by atoms with van der Waals surface area (Å²) in [6.45, 7) is 1.98. The summed E-state index contributed by atoms with van der Waals surface area (Å²) in [5.74, 6) is 0.931. The van der Waals surface area contributed by atoms with E-state index in [9.17, 15) is 5.11 Å². The van der Waals surface area contributed by atoms with E-state index in [1.807, 2.05) is 38.0 Å². The minimum atomic E-state index is -0.578. The molecule has 1 aliphatic rings. The molecule has 0 aliphatic carbocycles. The SMILES string of the molecule is CN(C)C(=NCCC1(O)CCOCC1)N(C)C.I. The molecule has 108 valence electrons. The van der Waals surface area contributed by atoms with Gasteiger partial charge in [0.25, 0.3) is 0 Å². The second-order valence-corrected chi connectivity index (χ2v) is 5.06. The molecule has 1 fully saturated rings. The van der Waals surface area contributed by atoms with Gasteiger partial charge < -0.3 is 19.6 Å². The van der Waals surface area contributed by atoms with Gasteiger partial charge in [0.15, 0.2) is 5.96 Å². The van der Waals surface area contributed by atoms with Gasteiger partial charge >= 0.3 is 0 Å². The molecule has 0 atom stereocenters. The van der Waals surface area contributed by atoms with Crippen molar-refractivity contribution in [2.24, 2.45) is 4.99 Å². The quantitative estimate of drug-likeness (QED) is 0.457. The van der Waals surface area contributed by atoms with Crippen LogP contribution in [0, 0.1) is 0 Å². The fourth-order valence-electron chi connectivity index (χ4n) is 2.05. The standard InChI is InChI=1S/C12H25N3O2.HI/c1-14(2)11(15(3)4)13-8-5-12(16)6-9-17-10-7-12;/h16H,5-10H2,1-4H3;1H. The third kappa shape index (κ3) is 5.71. The number of nitrogens with zero attached hydrogens (tertiary/aromatic N) is 3. The number of hydrogen-bond donors (Lipinski definition) is 1. The Hall–Kier alpha value is -0.0800. The van der Waals surface area contributed by atoms with E-state index in [0.29, 0.717) is 26.2 Å². The molecule has 0 saturated carbocycles. The summed E-state index contributed by atoms with van der Waals surface area (Å²) in [6, 6.07) is 0. The van der Waals surface area contributed by atoms with Crippen LogP contribution in [0.1, 0.15) is 19.3 Å². The van der Waals surface area contributed by atoms with Crippen molar-refractivity contribution in [2.75, 3.05) is 47.9 Å². The normalized spacial score (nSPS) is 17.6. The fraction of sp³-hybridized carbons (Fsp3) is 0.917. The predicted molar refractivity (Wildman–Crippen MR) is 84.7 cm³/mol. The van der Waals surface area contributed by atoms with Crippen molar-refractivity contribution >= 4 is 29.9 Å². The predicted octanol–water partition coefficient (Wildman–Crippen LogP) is 1.02. The molecule has 1 aliphatic heterocycles. The van der Waals surface area contributed by atoms with Crippen molar-refractivity contribution in [1.82, 2.24) is 9.80 Å². The summed E-state index contributed by atoms with van der Waals surface area (Å²) in [6.07, 6.45) is 2.16. The first-order valence-electron chi connectivity index (χ1n) is 6.14. The van der Waals surface area contributed by atoms with Gasteiger partial charge in [0.05, 0.1) is 5.60 Å². The molecule has 0 aromatic heterocycles. The van der Waals surface area contributed by atoms with Crippen LogP contribution in [-0.2, 0) is 4.74 Å². The van der Waals surface area contributed by atoms with Crippen LogP contribution in [0.15, 0.2) is 4.99 Å². The number of aliphatic hydroxyl groups is 1. The molecular weight excluding hydrogens is 345 g/mol. The van der Waals surface area contributed by atoms with Crippen molar-refractivity contribution in [2.45, 2.75) is 24.9 Å². The highest BCUT2D eigenvalue weighted by atomic mass is 127. The van der Waals surface area contributed by atoms with E-state index < -0.39 is 5.60 Å². The topological polar surface area (TPSA) is 48.3 Å². The van der Waals surface area contributed by atoms with E-state index in [4.69, 9.17) is 4.74 Å². The van der Waals surface area contributed by atoms with Crippen LogP contribution in [0.2, 0.25) is 0 Å². The largest absolute Gasteiger partial charge is 0.390 e. The zero-order valence-electron chi connectivity index (χ0n) is 11.8. The van der Waals surface area contributed by atoms with Crippen molar-refractivity contribution in [3.05, 3.63) is 0 Å². The average Bonchev–Trinajstić information content (AvgIpc) is 2.24. The molecule has 6 heteroatoms. The lowest BCUT2D eigenvalue weighted by Crippen LogP contribution is -2.38. The average molecular weight is 371 g/mol. The zero-order valence-corrected chi connectivity index (χ0v) is 14.2. The third-order valence-corrected chi connectivity index (χ3v) is 3.05. The summed E-state index contributed by atoms with van der Waals surface area (Å²) in [4.78, 5) is 8.49. The summed E-state index contributed by atoms with van der Waals surface area (Å²) in [7, 11) is 7.90. The van der Waals surface area contributed by atoms with Crippen LogP contribution in [0.3, 0.4) is 0 Å². The minimum absolute atomic E-state index is 0. The van der Waals surface area contributed by atoms with E-state index in [2.05, 4.69) is 4.99 Å². The molecule has 5 nitrogen and oxygen atoms in total. The lowest BCUT2D eigenvalue weighted by Gasteiger charge is -2.31. The molecule has 0 spiro atoms. The minimum Gasteiger partial charge on any atom is -0.390 e. The maximum Gasteiger partial charge on any atom is 0.195 e. The second-order valence-electron chi connectivity index (χ2n) is 5.06. The molecule has 0 aromatic rings. The molecule has 18 heavy (non-hydrogen) atoms. The fourth-order valence-corrected chi connectivity index (χ4v) is 2.05. The Bertz CT molecular complexity index is 254. The van der Waals surface area contributed by atoms with Gasteiger partial charge in [-0.05, 0) is 19.3 Å². The highest BCUT2D eigenvalue weighted by molar-refractivity contribution is 14.0. The number of ether oxygens (including phenoxy) is 1. The van der Waals surface area contributed by atoms with Crippen LogP contribution in [0.4, 0.5) is 0 Å². The lowest BCUT2D eigenvalue weighted by atomic mass is 9.91. The summed E-state index contributed by atoms with van der Waals surface area (Å²) >= 11 is 0. The Balaban J connectivity index is 0.00000289. The second kappa shape index (κ2) is 8.16. The van der Waals surface area contributed by atoms with Crippen molar-refractivity contribution in [1.29, 1.82) is 0 Å². The lowest BCUT2D eigenvalue weighted by molar-refractivity contribution is -0.0662. The molecule has 0 aromatic carbocycles. The van der Waals surface area contributed by atoms with E-state index in [1.54, 1.807) is 0 Å². The molecule has 1 saturated heterocycles. The number of halogens is 1. The monoisotopic (exact) mass is 371 g/mol. The Morgan fingerprint density at radius 1 is 1.17 bits per heavy atom. The number of rotatable bonds is 3. The first-order chi connectivity index (χ1) is 7.94. The molecule has 1 heterocycles. The van der Waals surface area contributed by atoms with Crippen molar-refractivity contribution < 1.29 is 9.84 Å². The highest BCUT2D eigenvalue weighted by Gasteiger charge is 2.29.